The monoisotopic (exact) mass is 275 g/mol. The third-order valence-corrected chi connectivity index (χ3v) is 3.70. The van der Waals surface area contributed by atoms with Crippen LogP contribution in [-0.2, 0) is 9.09 Å². The lowest BCUT2D eigenvalue weighted by atomic mass is 10.5. The molecular weight excluding hydrogens is 260 g/mol. The van der Waals surface area contributed by atoms with E-state index in [1.165, 1.54) is 10.9 Å². The molecule has 0 bridgehead atoms. The molecule has 0 aromatic rings. The lowest BCUT2D eigenvalue weighted by Crippen LogP contribution is -2.29. The van der Waals surface area contributed by atoms with Crippen molar-refractivity contribution in [3.05, 3.63) is 0 Å². The minimum Gasteiger partial charge on any atom is -0.313 e. The van der Waals surface area contributed by atoms with E-state index in [1.54, 1.807) is 0 Å². The molecule has 0 radical (unpaired) electrons. The van der Waals surface area contributed by atoms with E-state index in [0.29, 0.717) is 31.3 Å². The molecule has 3 N–H and O–H groups in total. The van der Waals surface area contributed by atoms with Crippen LogP contribution in [0.2, 0.25) is 0 Å². The van der Waals surface area contributed by atoms with Crippen LogP contribution in [0.25, 0.3) is 0 Å². The Kier molecular flexibility index (Phi) is 8.71. The zero-order valence-corrected chi connectivity index (χ0v) is 10.8. The fourth-order valence-corrected chi connectivity index (χ4v) is 2.84. The Labute approximate surface area is 99.9 Å². The molecule has 0 aliphatic heterocycles. The van der Waals surface area contributed by atoms with Gasteiger partial charge in [-0.05, 0) is 6.21 Å². The van der Waals surface area contributed by atoms with Crippen molar-refractivity contribution in [3.63, 3.8) is 0 Å². The van der Waals surface area contributed by atoms with Crippen molar-refractivity contribution >= 4 is 37.1 Å². The van der Waals surface area contributed by atoms with Gasteiger partial charge < -0.3 is 9.93 Å². The first kappa shape index (κ1) is 15.4. The van der Waals surface area contributed by atoms with Crippen molar-refractivity contribution < 1.29 is 9.09 Å². The molecule has 1 unspecified atom stereocenters. The summed E-state index contributed by atoms with van der Waals surface area (Å²) in [5.74, 6) is 0.623. The molecule has 0 heterocycles. The van der Waals surface area contributed by atoms with Crippen molar-refractivity contribution in [1.29, 1.82) is 5.41 Å². The number of halogens is 2. The van der Waals surface area contributed by atoms with Crippen molar-refractivity contribution in [1.82, 2.24) is 4.67 Å². The van der Waals surface area contributed by atoms with E-state index in [2.05, 4.69) is 0 Å². The first-order chi connectivity index (χ1) is 7.08. The normalized spacial score (nSPS) is 15.2. The number of rotatable bonds is 9. The minimum absolute atomic E-state index is 0.165. The van der Waals surface area contributed by atoms with Crippen LogP contribution >= 0.6 is 30.9 Å². The van der Waals surface area contributed by atoms with Crippen LogP contribution in [0.4, 0.5) is 0 Å². The maximum atomic E-state index is 11.9. The van der Waals surface area contributed by atoms with Gasteiger partial charge in [0.25, 0.3) is 0 Å². The number of hydrogen-bond donors (Lipinski definition) is 2. The van der Waals surface area contributed by atoms with Gasteiger partial charge in [-0.1, -0.05) is 0 Å². The van der Waals surface area contributed by atoms with Crippen LogP contribution in [0.5, 0.6) is 0 Å². The van der Waals surface area contributed by atoms with Gasteiger partial charge >= 0.3 is 7.67 Å². The number of nitrogens with zero attached hydrogens (tertiary/aromatic N) is 1. The predicted octanol–water partition coefficient (Wildman–Crippen LogP) is 1.89. The van der Waals surface area contributed by atoms with Crippen LogP contribution in [0, 0.1) is 5.41 Å². The van der Waals surface area contributed by atoms with Crippen LogP contribution in [0.3, 0.4) is 0 Å². The van der Waals surface area contributed by atoms with Gasteiger partial charge in [0.1, 0.15) is 0 Å². The van der Waals surface area contributed by atoms with Gasteiger partial charge in [0, 0.05) is 31.3 Å². The van der Waals surface area contributed by atoms with E-state index < -0.39 is 7.67 Å². The summed E-state index contributed by atoms with van der Waals surface area (Å²) >= 11 is 11.1. The Morgan fingerprint density at radius 3 is 2.33 bits per heavy atom. The molecule has 15 heavy (non-hydrogen) atoms. The Morgan fingerprint density at radius 1 is 1.40 bits per heavy atom. The Hall–Kier alpha value is 0.360. The average molecular weight is 276 g/mol. The molecule has 0 spiro atoms. The first-order valence-electron chi connectivity index (χ1n) is 4.48. The van der Waals surface area contributed by atoms with Crippen LogP contribution in [-0.4, -0.2) is 42.3 Å². The van der Waals surface area contributed by atoms with Crippen molar-refractivity contribution in [3.8, 4) is 0 Å². The lowest BCUT2D eigenvalue weighted by Gasteiger charge is -2.26. The number of nitrogens with one attached hydrogen (secondary N) is 1. The fraction of sp³-hybridized carbons (Fsp3) is 0.857. The van der Waals surface area contributed by atoms with Crippen LogP contribution in [0.1, 0.15) is 6.42 Å². The topological polar surface area (TPSA) is 79.4 Å². The molecule has 1 atom stereocenters. The molecule has 0 amide bonds. The molecule has 0 fully saturated rings. The van der Waals surface area contributed by atoms with Gasteiger partial charge in [-0.25, -0.2) is 10.2 Å². The standard InChI is InChI=1S/C7H16Cl2N3O2P/c8-2-5-12(6-3-9)15(11,13)14-7-1-4-10/h4,10H,1-3,5-7H2,(H2,11,13). The molecule has 8 heteroatoms. The summed E-state index contributed by atoms with van der Waals surface area (Å²) < 4.78 is 18.3. The maximum Gasteiger partial charge on any atom is 0.340 e. The molecule has 5 nitrogen and oxygen atoms in total. The van der Waals surface area contributed by atoms with Gasteiger partial charge in [0.2, 0.25) is 0 Å². The second-order valence-electron chi connectivity index (χ2n) is 2.72. The fourth-order valence-electron chi connectivity index (χ4n) is 0.910. The summed E-state index contributed by atoms with van der Waals surface area (Å²) in [7, 11) is -3.30. The predicted molar refractivity (Wildman–Crippen MR) is 64.2 cm³/mol. The van der Waals surface area contributed by atoms with Gasteiger partial charge in [-0.2, -0.15) is 0 Å². The highest BCUT2D eigenvalue weighted by molar-refractivity contribution is 7.53. The third-order valence-electron chi connectivity index (χ3n) is 1.62. The molecule has 0 aliphatic carbocycles. The molecular formula is C7H16Cl2N3O2P. The molecule has 0 aromatic heterocycles. The van der Waals surface area contributed by atoms with E-state index in [4.69, 9.17) is 38.6 Å². The van der Waals surface area contributed by atoms with E-state index in [9.17, 15) is 4.57 Å². The molecule has 90 valence electrons. The molecule has 0 aromatic carbocycles. The van der Waals surface area contributed by atoms with Gasteiger partial charge in [0.05, 0.1) is 6.61 Å². The zero-order chi connectivity index (χ0) is 11.7. The average Bonchev–Trinajstić information content (AvgIpc) is 2.18. The van der Waals surface area contributed by atoms with Gasteiger partial charge in [-0.15, -0.1) is 23.2 Å². The SMILES string of the molecule is N=CCCOP(N)(=O)N(CCCl)CCCl. The second-order valence-corrected chi connectivity index (χ2v) is 5.43. The molecule has 0 saturated carbocycles. The highest BCUT2D eigenvalue weighted by Crippen LogP contribution is 2.42. The van der Waals surface area contributed by atoms with Crippen LogP contribution in [0.15, 0.2) is 0 Å². The highest BCUT2D eigenvalue weighted by Gasteiger charge is 2.25. The summed E-state index contributed by atoms with van der Waals surface area (Å²) in [6.45, 7) is 0.900. The first-order valence-corrected chi connectivity index (χ1v) is 7.19. The van der Waals surface area contributed by atoms with E-state index in [-0.39, 0.29) is 6.61 Å². The summed E-state index contributed by atoms with van der Waals surface area (Å²) in [5, 5.41) is 6.79. The Balaban J connectivity index is 4.21. The molecule has 0 saturated heterocycles. The largest absolute Gasteiger partial charge is 0.340 e. The van der Waals surface area contributed by atoms with Gasteiger partial charge in [0.15, 0.2) is 0 Å². The summed E-state index contributed by atoms with van der Waals surface area (Å²) in [5.41, 5.74) is 5.54. The molecule has 0 aliphatic rings. The zero-order valence-electron chi connectivity index (χ0n) is 8.36. The number of alkyl halides is 2. The summed E-state index contributed by atoms with van der Waals surface area (Å²) in [6.07, 6.45) is 1.56. The quantitative estimate of drug-likeness (QED) is 0.292. The smallest absolute Gasteiger partial charge is 0.313 e. The van der Waals surface area contributed by atoms with E-state index in [1.807, 2.05) is 0 Å². The third kappa shape index (κ3) is 6.51. The molecule has 0 rings (SSSR count). The maximum absolute atomic E-state index is 11.9. The van der Waals surface area contributed by atoms with Gasteiger partial charge in [-0.3, -0.25) is 4.57 Å². The van der Waals surface area contributed by atoms with Crippen molar-refractivity contribution in [2.24, 2.45) is 5.50 Å². The summed E-state index contributed by atoms with van der Waals surface area (Å²) in [6, 6.07) is 0. The van der Waals surface area contributed by atoms with Crippen LogP contribution < -0.4 is 5.50 Å². The number of hydrogen-bond acceptors (Lipinski definition) is 3. The summed E-state index contributed by atoms with van der Waals surface area (Å²) in [4.78, 5) is 0. The van der Waals surface area contributed by atoms with Crippen molar-refractivity contribution in [2.45, 2.75) is 6.42 Å². The van der Waals surface area contributed by atoms with E-state index in [0.717, 1.165) is 0 Å². The Bertz CT molecular complexity index is 224. The van der Waals surface area contributed by atoms with Crippen molar-refractivity contribution in [2.75, 3.05) is 31.5 Å². The minimum atomic E-state index is -3.30. The lowest BCUT2D eigenvalue weighted by molar-refractivity contribution is 0.273. The Morgan fingerprint density at radius 2 is 1.93 bits per heavy atom. The number of nitrogens with two attached hydrogens (primary N) is 1. The highest BCUT2D eigenvalue weighted by atomic mass is 35.5. The van der Waals surface area contributed by atoms with E-state index >= 15 is 0 Å². The second kappa shape index (κ2) is 8.50.